The Bertz CT molecular complexity index is 685. The molecule has 2 aromatic rings. The third-order valence-electron chi connectivity index (χ3n) is 2.98. The topological polar surface area (TPSA) is 50.3 Å². The highest BCUT2D eigenvalue weighted by Crippen LogP contribution is 2.29. The highest BCUT2D eigenvalue weighted by molar-refractivity contribution is 6.52. The minimum atomic E-state index is -0.592. The van der Waals surface area contributed by atoms with Gasteiger partial charge < -0.3 is 4.90 Å². The molecule has 1 aromatic heterocycles. The summed E-state index contributed by atoms with van der Waals surface area (Å²) in [6.45, 7) is 0.131. The molecule has 1 aliphatic heterocycles. The monoisotopic (exact) mass is 256 g/mol. The first-order valence-corrected chi connectivity index (χ1v) is 5.71. The van der Waals surface area contributed by atoms with E-state index in [0.717, 1.165) is 6.20 Å². The zero-order valence-corrected chi connectivity index (χ0v) is 9.84. The highest BCUT2D eigenvalue weighted by atomic mass is 19.1. The summed E-state index contributed by atoms with van der Waals surface area (Å²) in [6, 6.07) is 8.06. The molecule has 4 nitrogen and oxygen atoms in total. The highest BCUT2D eigenvalue weighted by Gasteiger charge is 2.35. The third kappa shape index (κ3) is 1.89. The maximum Gasteiger partial charge on any atom is 0.299 e. The van der Waals surface area contributed by atoms with E-state index in [2.05, 4.69) is 4.98 Å². The van der Waals surface area contributed by atoms with E-state index in [0.29, 0.717) is 16.8 Å². The lowest BCUT2D eigenvalue weighted by atomic mass is 10.1. The van der Waals surface area contributed by atoms with Crippen LogP contribution in [0, 0.1) is 5.82 Å². The molecule has 0 unspecified atom stereocenters. The van der Waals surface area contributed by atoms with Crippen LogP contribution in [0.3, 0.4) is 0 Å². The summed E-state index contributed by atoms with van der Waals surface area (Å²) < 4.78 is 13.1. The molecule has 5 heteroatoms. The predicted molar refractivity (Wildman–Crippen MR) is 66.2 cm³/mol. The average Bonchev–Trinajstić information content (AvgIpc) is 2.65. The third-order valence-corrected chi connectivity index (χ3v) is 2.98. The van der Waals surface area contributed by atoms with Gasteiger partial charge in [0.25, 0.3) is 11.7 Å². The van der Waals surface area contributed by atoms with Crippen LogP contribution in [-0.2, 0) is 11.3 Å². The van der Waals surface area contributed by atoms with E-state index >= 15 is 0 Å². The van der Waals surface area contributed by atoms with E-state index in [1.165, 1.54) is 17.2 Å². The van der Waals surface area contributed by atoms with Crippen molar-refractivity contribution in [1.29, 1.82) is 0 Å². The Hall–Kier alpha value is -2.56. The lowest BCUT2D eigenvalue weighted by molar-refractivity contribution is -0.114. The lowest BCUT2D eigenvalue weighted by Crippen LogP contribution is -2.29. The summed E-state index contributed by atoms with van der Waals surface area (Å²) in [4.78, 5) is 28.8. The number of carbonyl (C=O) groups is 2. The van der Waals surface area contributed by atoms with Crippen molar-refractivity contribution in [3.8, 4) is 0 Å². The molecule has 1 aliphatic rings. The first-order valence-electron chi connectivity index (χ1n) is 5.71. The van der Waals surface area contributed by atoms with Gasteiger partial charge in [-0.05, 0) is 23.8 Å². The van der Waals surface area contributed by atoms with Gasteiger partial charge in [-0.2, -0.15) is 0 Å². The molecule has 94 valence electrons. The van der Waals surface area contributed by atoms with Crippen LogP contribution in [-0.4, -0.2) is 16.7 Å². The lowest BCUT2D eigenvalue weighted by Gasteiger charge is -2.16. The molecular weight excluding hydrogens is 247 g/mol. The van der Waals surface area contributed by atoms with E-state index in [1.807, 2.05) is 0 Å². The molecule has 0 N–H and O–H groups in total. The standard InChI is InChI=1S/C14H9FN2O2/c15-10-5-9(6-16-7-10)8-17-12-4-2-1-3-11(12)13(18)14(17)19/h1-7H,8H2. The summed E-state index contributed by atoms with van der Waals surface area (Å²) >= 11 is 0. The number of carbonyl (C=O) groups excluding carboxylic acids is 2. The number of fused-ring (bicyclic) bond motifs is 1. The first kappa shape index (κ1) is 11.5. The summed E-state index contributed by atoms with van der Waals surface area (Å²) in [6.07, 6.45) is 2.57. The molecule has 0 atom stereocenters. The van der Waals surface area contributed by atoms with Crippen LogP contribution in [0.1, 0.15) is 15.9 Å². The van der Waals surface area contributed by atoms with Gasteiger partial charge in [0.1, 0.15) is 5.82 Å². The molecule has 0 saturated heterocycles. The number of benzene rings is 1. The van der Waals surface area contributed by atoms with Gasteiger partial charge >= 0.3 is 0 Å². The molecule has 3 rings (SSSR count). The number of rotatable bonds is 2. The Kier molecular flexibility index (Phi) is 2.59. The van der Waals surface area contributed by atoms with Crippen molar-refractivity contribution in [1.82, 2.24) is 4.98 Å². The van der Waals surface area contributed by atoms with Crippen LogP contribution in [0.15, 0.2) is 42.7 Å². The van der Waals surface area contributed by atoms with Crippen molar-refractivity contribution in [2.75, 3.05) is 4.90 Å². The molecular formula is C14H9FN2O2. The second-order valence-corrected chi connectivity index (χ2v) is 4.25. The second-order valence-electron chi connectivity index (χ2n) is 4.25. The molecule has 1 amide bonds. The second kappa shape index (κ2) is 4.28. The molecule has 0 aliphatic carbocycles. The van der Waals surface area contributed by atoms with Crippen molar-refractivity contribution < 1.29 is 14.0 Å². The maximum absolute atomic E-state index is 13.1. The molecule has 19 heavy (non-hydrogen) atoms. The normalized spacial score (nSPS) is 13.8. The number of halogens is 1. The van der Waals surface area contributed by atoms with Crippen LogP contribution >= 0.6 is 0 Å². The summed E-state index contributed by atoms with van der Waals surface area (Å²) in [5.74, 6) is -1.59. The van der Waals surface area contributed by atoms with E-state index < -0.39 is 17.5 Å². The van der Waals surface area contributed by atoms with Crippen LogP contribution in [0.4, 0.5) is 10.1 Å². The number of hydrogen-bond donors (Lipinski definition) is 0. The summed E-state index contributed by atoms with van der Waals surface area (Å²) in [5, 5.41) is 0. The van der Waals surface area contributed by atoms with Gasteiger partial charge in [0, 0.05) is 6.20 Å². The number of pyridine rings is 1. The van der Waals surface area contributed by atoms with Crippen LogP contribution in [0.5, 0.6) is 0 Å². The SMILES string of the molecule is O=C1C(=O)N(Cc2cncc(F)c2)c2ccccc21. The van der Waals surface area contributed by atoms with Crippen LogP contribution in [0.25, 0.3) is 0 Å². The van der Waals surface area contributed by atoms with Crippen molar-refractivity contribution >= 4 is 17.4 Å². The van der Waals surface area contributed by atoms with Gasteiger partial charge in [0.2, 0.25) is 0 Å². The fraction of sp³-hybridized carbons (Fsp3) is 0.0714. The largest absolute Gasteiger partial charge is 0.300 e. The number of hydrogen-bond acceptors (Lipinski definition) is 3. The minimum Gasteiger partial charge on any atom is -0.300 e. The number of ketones is 1. The number of anilines is 1. The van der Waals surface area contributed by atoms with Gasteiger partial charge in [0.15, 0.2) is 0 Å². The molecule has 0 fully saturated rings. The van der Waals surface area contributed by atoms with Crippen LogP contribution < -0.4 is 4.90 Å². The van der Waals surface area contributed by atoms with E-state index in [4.69, 9.17) is 0 Å². The zero-order valence-electron chi connectivity index (χ0n) is 9.84. The Morgan fingerprint density at radius 1 is 1.16 bits per heavy atom. The van der Waals surface area contributed by atoms with Gasteiger partial charge in [-0.3, -0.25) is 14.6 Å². The summed E-state index contributed by atoms with van der Waals surface area (Å²) in [7, 11) is 0. The average molecular weight is 256 g/mol. The van der Waals surface area contributed by atoms with E-state index in [9.17, 15) is 14.0 Å². The van der Waals surface area contributed by atoms with Crippen molar-refractivity contribution in [3.05, 3.63) is 59.7 Å². The zero-order chi connectivity index (χ0) is 13.4. The molecule has 2 heterocycles. The maximum atomic E-state index is 13.1. The molecule has 0 radical (unpaired) electrons. The minimum absolute atomic E-state index is 0.131. The number of para-hydroxylation sites is 1. The van der Waals surface area contributed by atoms with Gasteiger partial charge in [0.05, 0.1) is 24.0 Å². The fourth-order valence-electron chi connectivity index (χ4n) is 2.13. The van der Waals surface area contributed by atoms with Crippen molar-refractivity contribution in [3.63, 3.8) is 0 Å². The Labute approximate surface area is 108 Å². The summed E-state index contributed by atoms with van der Waals surface area (Å²) in [5.41, 5.74) is 1.48. The van der Waals surface area contributed by atoms with Gasteiger partial charge in [-0.15, -0.1) is 0 Å². The number of nitrogens with zero attached hydrogens (tertiary/aromatic N) is 2. The quantitative estimate of drug-likeness (QED) is 0.772. The fourth-order valence-corrected chi connectivity index (χ4v) is 2.13. The number of amides is 1. The molecule has 0 saturated carbocycles. The van der Waals surface area contributed by atoms with E-state index in [-0.39, 0.29) is 6.54 Å². The molecule has 1 aromatic carbocycles. The molecule has 0 bridgehead atoms. The smallest absolute Gasteiger partial charge is 0.299 e. The van der Waals surface area contributed by atoms with Gasteiger partial charge in [-0.25, -0.2) is 4.39 Å². The Balaban J connectivity index is 1.98. The van der Waals surface area contributed by atoms with Gasteiger partial charge in [-0.1, -0.05) is 12.1 Å². The number of Topliss-reactive ketones (excluding diaryl/α,β-unsaturated/α-hetero) is 1. The number of aromatic nitrogens is 1. The predicted octanol–water partition coefficient (Wildman–Crippen LogP) is 1.95. The Morgan fingerprint density at radius 3 is 2.74 bits per heavy atom. The van der Waals surface area contributed by atoms with Crippen LogP contribution in [0.2, 0.25) is 0 Å². The van der Waals surface area contributed by atoms with Crippen molar-refractivity contribution in [2.45, 2.75) is 6.54 Å². The molecule has 0 spiro atoms. The van der Waals surface area contributed by atoms with E-state index in [1.54, 1.807) is 24.3 Å². The first-order chi connectivity index (χ1) is 9.16. The van der Waals surface area contributed by atoms with Crippen molar-refractivity contribution in [2.24, 2.45) is 0 Å². The Morgan fingerprint density at radius 2 is 1.95 bits per heavy atom.